The predicted molar refractivity (Wildman–Crippen MR) is 72.6 cm³/mol. The number of carbonyl (C=O) groups excluding carboxylic acids is 1. The van der Waals surface area contributed by atoms with Crippen molar-refractivity contribution in [3.8, 4) is 6.07 Å². The van der Waals surface area contributed by atoms with Gasteiger partial charge in [-0.15, -0.1) is 0 Å². The number of carbonyl (C=O) groups is 1. The number of hydrogen-bond donors (Lipinski definition) is 0. The van der Waals surface area contributed by atoms with Gasteiger partial charge < -0.3 is 9.64 Å². The van der Waals surface area contributed by atoms with Gasteiger partial charge in [0, 0.05) is 19.2 Å². The molecule has 0 N–H and O–H groups in total. The summed E-state index contributed by atoms with van der Waals surface area (Å²) in [6, 6.07) is 3.12. The number of nitriles is 1. The molecular weight excluding hydrogens is 276 g/mol. The number of aromatic nitrogens is 1. The lowest BCUT2D eigenvalue weighted by Gasteiger charge is -2.32. The summed E-state index contributed by atoms with van der Waals surface area (Å²) in [7, 11) is 1.34. The number of anilines is 1. The number of nitro groups is 1. The number of esters is 1. The molecule has 0 amide bonds. The van der Waals surface area contributed by atoms with E-state index in [2.05, 4.69) is 4.98 Å². The van der Waals surface area contributed by atoms with Crippen LogP contribution in [0.4, 0.5) is 11.5 Å². The van der Waals surface area contributed by atoms with Gasteiger partial charge >= 0.3 is 5.97 Å². The van der Waals surface area contributed by atoms with E-state index in [9.17, 15) is 14.9 Å². The molecule has 1 aromatic heterocycles. The number of rotatable bonds is 3. The van der Waals surface area contributed by atoms with Crippen molar-refractivity contribution in [3.05, 3.63) is 27.9 Å². The highest BCUT2D eigenvalue weighted by Gasteiger charge is 2.28. The summed E-state index contributed by atoms with van der Waals surface area (Å²) in [5.41, 5.74) is -0.0912. The number of pyridine rings is 1. The summed E-state index contributed by atoms with van der Waals surface area (Å²) < 4.78 is 4.74. The zero-order valence-electron chi connectivity index (χ0n) is 11.5. The Morgan fingerprint density at radius 1 is 1.67 bits per heavy atom. The van der Waals surface area contributed by atoms with Crippen LogP contribution in [0.25, 0.3) is 0 Å². The van der Waals surface area contributed by atoms with Crippen LogP contribution in [-0.2, 0) is 9.53 Å². The van der Waals surface area contributed by atoms with Gasteiger partial charge in [0.15, 0.2) is 0 Å². The SMILES string of the molecule is COC(=O)C1CCCN(c2ncc([N+](=O)[O-])cc2C#N)C1. The van der Waals surface area contributed by atoms with Crippen molar-refractivity contribution < 1.29 is 14.5 Å². The third-order valence-electron chi connectivity index (χ3n) is 3.44. The Morgan fingerprint density at radius 3 is 3.05 bits per heavy atom. The van der Waals surface area contributed by atoms with Crippen LogP contribution in [0.2, 0.25) is 0 Å². The van der Waals surface area contributed by atoms with Crippen molar-refractivity contribution in [3.63, 3.8) is 0 Å². The van der Waals surface area contributed by atoms with E-state index in [1.165, 1.54) is 13.2 Å². The third-order valence-corrected chi connectivity index (χ3v) is 3.44. The highest BCUT2D eigenvalue weighted by molar-refractivity contribution is 5.73. The van der Waals surface area contributed by atoms with E-state index in [0.29, 0.717) is 18.9 Å². The Morgan fingerprint density at radius 2 is 2.43 bits per heavy atom. The van der Waals surface area contributed by atoms with Gasteiger partial charge in [-0.25, -0.2) is 4.98 Å². The smallest absolute Gasteiger partial charge is 0.310 e. The number of ether oxygens (including phenoxy) is 1. The molecule has 1 aliphatic heterocycles. The average molecular weight is 290 g/mol. The van der Waals surface area contributed by atoms with Crippen molar-refractivity contribution in [1.29, 1.82) is 5.26 Å². The van der Waals surface area contributed by atoms with Crippen molar-refractivity contribution in [1.82, 2.24) is 4.98 Å². The third kappa shape index (κ3) is 3.08. The maximum atomic E-state index is 11.6. The fourth-order valence-electron chi connectivity index (χ4n) is 2.41. The van der Waals surface area contributed by atoms with Gasteiger partial charge in [0.1, 0.15) is 23.6 Å². The number of nitrogens with zero attached hydrogens (tertiary/aromatic N) is 4. The molecule has 1 unspecified atom stereocenters. The summed E-state index contributed by atoms with van der Waals surface area (Å²) in [4.78, 5) is 27.6. The predicted octanol–water partition coefficient (Wildman–Crippen LogP) is 1.25. The summed E-state index contributed by atoms with van der Waals surface area (Å²) in [5.74, 6) is -0.191. The summed E-state index contributed by atoms with van der Waals surface area (Å²) >= 11 is 0. The van der Waals surface area contributed by atoms with E-state index < -0.39 is 4.92 Å². The van der Waals surface area contributed by atoms with Crippen LogP contribution in [0.3, 0.4) is 0 Å². The molecule has 0 aromatic carbocycles. The van der Waals surface area contributed by atoms with Crippen LogP contribution in [0.15, 0.2) is 12.3 Å². The fraction of sp³-hybridized carbons (Fsp3) is 0.462. The van der Waals surface area contributed by atoms with Crippen LogP contribution >= 0.6 is 0 Å². The Balaban J connectivity index is 2.27. The zero-order chi connectivity index (χ0) is 15.4. The lowest BCUT2D eigenvalue weighted by atomic mass is 9.98. The van der Waals surface area contributed by atoms with Gasteiger partial charge in [0.05, 0.1) is 18.0 Å². The molecule has 1 saturated heterocycles. The van der Waals surface area contributed by atoms with Gasteiger partial charge in [-0.2, -0.15) is 5.26 Å². The normalized spacial score (nSPS) is 17.9. The van der Waals surface area contributed by atoms with Gasteiger partial charge in [0.2, 0.25) is 0 Å². The molecule has 0 bridgehead atoms. The van der Waals surface area contributed by atoms with Crippen LogP contribution in [0.1, 0.15) is 18.4 Å². The average Bonchev–Trinajstić information content (AvgIpc) is 2.53. The highest BCUT2D eigenvalue weighted by atomic mass is 16.6. The molecule has 0 spiro atoms. The fourth-order valence-corrected chi connectivity index (χ4v) is 2.41. The molecule has 110 valence electrons. The lowest BCUT2D eigenvalue weighted by Crippen LogP contribution is -2.40. The standard InChI is InChI=1S/C13H14N4O4/c1-21-13(18)9-3-2-4-16(8-9)12-10(6-14)5-11(7-15-12)17(19)20/h5,7,9H,2-4,8H2,1H3. The molecule has 0 aliphatic carbocycles. The van der Waals surface area contributed by atoms with E-state index in [-0.39, 0.29) is 23.1 Å². The van der Waals surface area contributed by atoms with Gasteiger partial charge in [-0.3, -0.25) is 14.9 Å². The first-order chi connectivity index (χ1) is 10.1. The Bertz CT molecular complexity index is 611. The van der Waals surface area contributed by atoms with E-state index in [4.69, 9.17) is 10.00 Å². The molecule has 8 nitrogen and oxygen atoms in total. The van der Waals surface area contributed by atoms with E-state index in [1.807, 2.05) is 6.07 Å². The van der Waals surface area contributed by atoms with Crippen molar-refractivity contribution in [2.75, 3.05) is 25.1 Å². The molecule has 2 rings (SSSR count). The monoisotopic (exact) mass is 290 g/mol. The van der Waals surface area contributed by atoms with E-state index in [0.717, 1.165) is 19.0 Å². The van der Waals surface area contributed by atoms with Crippen molar-refractivity contribution >= 4 is 17.5 Å². The van der Waals surface area contributed by atoms with E-state index >= 15 is 0 Å². The van der Waals surface area contributed by atoms with Gasteiger partial charge in [0.25, 0.3) is 5.69 Å². The maximum absolute atomic E-state index is 11.6. The molecule has 1 atom stereocenters. The zero-order valence-corrected chi connectivity index (χ0v) is 11.5. The van der Waals surface area contributed by atoms with Crippen molar-refractivity contribution in [2.24, 2.45) is 5.92 Å². The minimum atomic E-state index is -0.592. The van der Waals surface area contributed by atoms with Crippen LogP contribution < -0.4 is 4.90 Å². The topological polar surface area (TPSA) is 109 Å². The van der Waals surface area contributed by atoms with E-state index in [1.54, 1.807) is 4.90 Å². The Hall–Kier alpha value is -2.69. The molecule has 0 saturated carbocycles. The first kappa shape index (κ1) is 14.7. The molecule has 1 fully saturated rings. The van der Waals surface area contributed by atoms with Gasteiger partial charge in [-0.05, 0) is 12.8 Å². The second-order valence-corrected chi connectivity index (χ2v) is 4.74. The van der Waals surface area contributed by atoms with Crippen LogP contribution in [-0.4, -0.2) is 36.1 Å². The molecular formula is C13H14N4O4. The largest absolute Gasteiger partial charge is 0.469 e. The van der Waals surface area contributed by atoms with Crippen LogP contribution in [0.5, 0.6) is 0 Å². The minimum Gasteiger partial charge on any atom is -0.469 e. The number of hydrogen-bond acceptors (Lipinski definition) is 7. The molecule has 21 heavy (non-hydrogen) atoms. The quantitative estimate of drug-likeness (QED) is 0.468. The first-order valence-electron chi connectivity index (χ1n) is 6.44. The molecule has 0 radical (unpaired) electrons. The summed E-state index contributed by atoms with van der Waals surface area (Å²) in [5, 5.41) is 19.9. The second kappa shape index (κ2) is 6.17. The summed E-state index contributed by atoms with van der Waals surface area (Å²) in [6.07, 6.45) is 2.61. The molecule has 1 aliphatic rings. The lowest BCUT2D eigenvalue weighted by molar-refractivity contribution is -0.385. The first-order valence-corrected chi connectivity index (χ1v) is 6.44. The number of methoxy groups -OCH3 is 1. The Labute approximate surface area is 121 Å². The maximum Gasteiger partial charge on any atom is 0.310 e. The molecule has 8 heteroatoms. The summed E-state index contributed by atoms with van der Waals surface area (Å²) in [6.45, 7) is 1.04. The van der Waals surface area contributed by atoms with Crippen LogP contribution in [0, 0.1) is 27.4 Å². The highest BCUT2D eigenvalue weighted by Crippen LogP contribution is 2.27. The van der Waals surface area contributed by atoms with Crippen molar-refractivity contribution in [2.45, 2.75) is 12.8 Å². The minimum absolute atomic E-state index is 0.134. The second-order valence-electron chi connectivity index (χ2n) is 4.74. The molecule has 2 heterocycles. The Kier molecular flexibility index (Phi) is 4.33. The molecule has 1 aromatic rings. The number of piperidine rings is 1. The van der Waals surface area contributed by atoms with Gasteiger partial charge in [-0.1, -0.05) is 0 Å².